The van der Waals surface area contributed by atoms with E-state index in [9.17, 15) is 0 Å². The van der Waals surface area contributed by atoms with Gasteiger partial charge < -0.3 is 10.3 Å². The lowest BCUT2D eigenvalue weighted by Gasteiger charge is -2.08. The van der Waals surface area contributed by atoms with Crippen molar-refractivity contribution >= 4 is 43.3 Å². The molecule has 1 saturated carbocycles. The highest BCUT2D eigenvalue weighted by molar-refractivity contribution is 9.10. The van der Waals surface area contributed by atoms with Crippen molar-refractivity contribution in [1.82, 2.24) is 9.55 Å². The summed E-state index contributed by atoms with van der Waals surface area (Å²) < 4.78 is 3.44. The van der Waals surface area contributed by atoms with Crippen molar-refractivity contribution in [1.29, 1.82) is 0 Å². The number of nitrogens with two attached hydrogens (primary N) is 1. The molecule has 0 unspecified atom stereocenters. The Kier molecular flexibility index (Phi) is 2.91. The number of rotatable bonds is 2. The van der Waals surface area contributed by atoms with E-state index in [0.29, 0.717) is 6.04 Å². The van der Waals surface area contributed by atoms with E-state index in [1.165, 1.54) is 28.8 Å². The van der Waals surface area contributed by atoms with Gasteiger partial charge in [0.05, 0.1) is 21.6 Å². The molecule has 0 radical (unpaired) electrons. The molecule has 3 nitrogen and oxygen atoms in total. The molecule has 1 aliphatic carbocycles. The molecule has 2 N–H and O–H groups in total. The van der Waals surface area contributed by atoms with Gasteiger partial charge in [0.15, 0.2) is 0 Å². The first kappa shape index (κ1) is 13.3. The van der Waals surface area contributed by atoms with Crippen LogP contribution in [0.5, 0.6) is 0 Å². The summed E-state index contributed by atoms with van der Waals surface area (Å²) in [4.78, 5) is 6.18. The molecule has 0 saturated heterocycles. The molecule has 0 atom stereocenters. The SMILES string of the molecule is Cc1sc(N)c(-c2nc3cc(Br)ccc3n2C2CC2)c1C. The fraction of sp³-hybridized carbons (Fsp3) is 0.312. The average Bonchev–Trinajstić information content (AvgIpc) is 3.15. The van der Waals surface area contributed by atoms with E-state index >= 15 is 0 Å². The number of nitrogen functional groups attached to an aromatic ring is 1. The van der Waals surface area contributed by atoms with Crippen molar-refractivity contribution in [2.24, 2.45) is 0 Å². The summed E-state index contributed by atoms with van der Waals surface area (Å²) in [6.45, 7) is 4.27. The molecule has 5 heteroatoms. The molecule has 0 spiro atoms. The van der Waals surface area contributed by atoms with Crippen LogP contribution < -0.4 is 5.73 Å². The topological polar surface area (TPSA) is 43.8 Å². The van der Waals surface area contributed by atoms with Crippen LogP contribution in [-0.4, -0.2) is 9.55 Å². The van der Waals surface area contributed by atoms with Gasteiger partial charge in [0, 0.05) is 15.4 Å². The smallest absolute Gasteiger partial charge is 0.144 e. The number of hydrogen-bond donors (Lipinski definition) is 1. The molecule has 0 bridgehead atoms. The third-order valence-corrected chi connectivity index (χ3v) is 5.73. The predicted molar refractivity (Wildman–Crippen MR) is 92.9 cm³/mol. The molecule has 21 heavy (non-hydrogen) atoms. The lowest BCUT2D eigenvalue weighted by atomic mass is 10.1. The van der Waals surface area contributed by atoms with E-state index in [-0.39, 0.29) is 0 Å². The molecule has 1 fully saturated rings. The van der Waals surface area contributed by atoms with Crippen molar-refractivity contribution < 1.29 is 0 Å². The molecule has 4 rings (SSSR count). The second kappa shape index (κ2) is 4.58. The van der Waals surface area contributed by atoms with Gasteiger partial charge in [-0.25, -0.2) is 4.98 Å². The Labute approximate surface area is 135 Å². The number of anilines is 1. The van der Waals surface area contributed by atoms with Crippen molar-refractivity contribution in [2.75, 3.05) is 5.73 Å². The van der Waals surface area contributed by atoms with Gasteiger partial charge in [-0.1, -0.05) is 15.9 Å². The highest BCUT2D eigenvalue weighted by Gasteiger charge is 2.30. The number of nitrogens with zero attached hydrogens (tertiary/aromatic N) is 2. The highest BCUT2D eigenvalue weighted by Crippen LogP contribution is 2.45. The number of benzene rings is 1. The first-order valence-corrected chi connectivity index (χ1v) is 8.70. The molecule has 1 aromatic carbocycles. The van der Waals surface area contributed by atoms with Crippen LogP contribution in [0.1, 0.15) is 29.3 Å². The van der Waals surface area contributed by atoms with Crippen LogP contribution in [0.4, 0.5) is 5.00 Å². The number of halogens is 1. The van der Waals surface area contributed by atoms with Crippen molar-refractivity contribution in [3.8, 4) is 11.4 Å². The average molecular weight is 362 g/mol. The van der Waals surface area contributed by atoms with Crippen molar-refractivity contribution in [3.05, 3.63) is 33.1 Å². The molecule has 0 aliphatic heterocycles. The Hall–Kier alpha value is -1.33. The van der Waals surface area contributed by atoms with E-state index in [0.717, 1.165) is 26.4 Å². The first-order valence-electron chi connectivity index (χ1n) is 7.09. The number of hydrogen-bond acceptors (Lipinski definition) is 3. The minimum absolute atomic E-state index is 0.574. The summed E-state index contributed by atoms with van der Waals surface area (Å²) in [5, 5.41) is 0.876. The van der Waals surface area contributed by atoms with Gasteiger partial charge in [0.25, 0.3) is 0 Å². The summed E-state index contributed by atoms with van der Waals surface area (Å²) in [6, 6.07) is 6.90. The normalized spacial score (nSPS) is 15.0. The number of aromatic nitrogens is 2. The van der Waals surface area contributed by atoms with Crippen LogP contribution in [0.25, 0.3) is 22.4 Å². The molecule has 108 valence electrons. The van der Waals surface area contributed by atoms with Crippen molar-refractivity contribution in [3.63, 3.8) is 0 Å². The zero-order chi connectivity index (χ0) is 14.7. The van der Waals surface area contributed by atoms with E-state index in [1.807, 2.05) is 0 Å². The van der Waals surface area contributed by atoms with Crippen molar-refractivity contribution in [2.45, 2.75) is 32.7 Å². The molecule has 2 heterocycles. The lowest BCUT2D eigenvalue weighted by molar-refractivity contribution is 0.775. The molecular formula is C16H16BrN3S. The van der Waals surface area contributed by atoms with Crippen LogP contribution in [0.2, 0.25) is 0 Å². The second-order valence-corrected chi connectivity index (χ2v) is 7.86. The van der Waals surface area contributed by atoms with Gasteiger partial charge in [0.1, 0.15) is 5.82 Å². The number of aryl methyl sites for hydroxylation is 1. The Bertz CT molecular complexity index is 858. The third kappa shape index (κ3) is 2.02. The van der Waals surface area contributed by atoms with Crippen LogP contribution in [-0.2, 0) is 0 Å². The maximum atomic E-state index is 6.27. The Morgan fingerprint density at radius 3 is 2.71 bits per heavy atom. The monoisotopic (exact) mass is 361 g/mol. The van der Waals surface area contributed by atoms with Crippen LogP contribution in [0.3, 0.4) is 0 Å². The summed E-state index contributed by atoms with van der Waals surface area (Å²) in [5.41, 5.74) is 10.9. The standard InChI is InChI=1S/C16H16BrN3S/c1-8-9(2)21-15(18)14(8)16-19-12-7-10(17)3-6-13(12)20(16)11-4-5-11/h3,6-7,11H,4-5,18H2,1-2H3. The fourth-order valence-electron chi connectivity index (χ4n) is 2.88. The summed E-state index contributed by atoms with van der Waals surface area (Å²) in [7, 11) is 0. The fourth-order valence-corrected chi connectivity index (χ4v) is 4.16. The van der Waals surface area contributed by atoms with Crippen LogP contribution >= 0.6 is 27.3 Å². The zero-order valence-electron chi connectivity index (χ0n) is 12.0. The van der Waals surface area contributed by atoms with E-state index in [1.54, 1.807) is 11.3 Å². The van der Waals surface area contributed by atoms with E-state index < -0.39 is 0 Å². The van der Waals surface area contributed by atoms with Gasteiger partial charge in [-0.2, -0.15) is 0 Å². The van der Waals surface area contributed by atoms with Gasteiger partial charge in [-0.05, 0) is 50.5 Å². The molecular weight excluding hydrogens is 346 g/mol. The van der Waals surface area contributed by atoms with Gasteiger partial charge in [-0.3, -0.25) is 0 Å². The lowest BCUT2D eigenvalue weighted by Crippen LogP contribution is -1.99. The summed E-state index contributed by atoms with van der Waals surface area (Å²) >= 11 is 5.20. The maximum absolute atomic E-state index is 6.27. The molecule has 0 amide bonds. The molecule has 3 aromatic rings. The Morgan fingerprint density at radius 2 is 2.10 bits per heavy atom. The number of fused-ring (bicyclic) bond motifs is 1. The third-order valence-electron chi connectivity index (χ3n) is 4.20. The summed E-state index contributed by atoms with van der Waals surface area (Å²) in [5.74, 6) is 1.03. The van der Waals surface area contributed by atoms with Gasteiger partial charge in [0.2, 0.25) is 0 Å². The van der Waals surface area contributed by atoms with Gasteiger partial charge in [-0.15, -0.1) is 11.3 Å². The summed E-state index contributed by atoms with van der Waals surface area (Å²) in [6.07, 6.45) is 2.47. The maximum Gasteiger partial charge on any atom is 0.144 e. The highest BCUT2D eigenvalue weighted by atomic mass is 79.9. The number of thiophene rings is 1. The molecule has 1 aliphatic rings. The largest absolute Gasteiger partial charge is 0.390 e. The molecule has 2 aromatic heterocycles. The second-order valence-electron chi connectivity index (χ2n) is 5.69. The first-order chi connectivity index (χ1) is 10.1. The van der Waals surface area contributed by atoms with Crippen LogP contribution in [0.15, 0.2) is 22.7 Å². The van der Waals surface area contributed by atoms with E-state index in [2.05, 4.69) is 52.5 Å². The van der Waals surface area contributed by atoms with E-state index in [4.69, 9.17) is 10.7 Å². The number of imidazole rings is 1. The van der Waals surface area contributed by atoms with Crippen LogP contribution in [0, 0.1) is 13.8 Å². The predicted octanol–water partition coefficient (Wildman–Crippen LogP) is 5.06. The minimum atomic E-state index is 0.574. The Balaban J connectivity index is 2.06. The Morgan fingerprint density at radius 1 is 1.33 bits per heavy atom. The quantitative estimate of drug-likeness (QED) is 0.692. The zero-order valence-corrected chi connectivity index (χ0v) is 14.4. The minimum Gasteiger partial charge on any atom is -0.390 e. The van der Waals surface area contributed by atoms with Gasteiger partial charge >= 0.3 is 0 Å².